The Bertz CT molecular complexity index is 883. The summed E-state index contributed by atoms with van der Waals surface area (Å²) in [5.74, 6) is 0.847. The van der Waals surface area contributed by atoms with Gasteiger partial charge in [-0.2, -0.15) is 5.26 Å². The number of hydrogen-bond acceptors (Lipinski definition) is 4. The maximum Gasteiger partial charge on any atom is 0.257 e. The van der Waals surface area contributed by atoms with Gasteiger partial charge in [-0.3, -0.25) is 4.79 Å². The molecule has 0 saturated heterocycles. The van der Waals surface area contributed by atoms with Crippen LogP contribution in [0.25, 0.3) is 0 Å². The minimum Gasteiger partial charge on any atom is -0.439 e. The number of hydrogen-bond donors (Lipinski definition) is 1. The van der Waals surface area contributed by atoms with Crippen LogP contribution in [0.2, 0.25) is 0 Å². The zero-order chi connectivity index (χ0) is 17.5. The van der Waals surface area contributed by atoms with Crippen molar-refractivity contribution in [3.63, 3.8) is 0 Å². The smallest absolute Gasteiger partial charge is 0.257 e. The van der Waals surface area contributed by atoms with E-state index < -0.39 is 0 Å². The van der Waals surface area contributed by atoms with Gasteiger partial charge in [0, 0.05) is 18.0 Å². The lowest BCUT2D eigenvalue weighted by molar-refractivity contribution is 0.102. The monoisotopic (exact) mass is 329 g/mol. The molecule has 0 radical (unpaired) electrons. The molecule has 3 aromatic rings. The molecule has 5 heteroatoms. The summed E-state index contributed by atoms with van der Waals surface area (Å²) >= 11 is 0. The largest absolute Gasteiger partial charge is 0.439 e. The van der Waals surface area contributed by atoms with Crippen molar-refractivity contribution in [2.24, 2.45) is 0 Å². The molecule has 1 heterocycles. The third-order valence-corrected chi connectivity index (χ3v) is 3.46. The van der Waals surface area contributed by atoms with Crippen LogP contribution in [-0.2, 0) is 6.42 Å². The highest BCUT2D eigenvalue weighted by Crippen LogP contribution is 2.19. The number of ether oxygens (including phenoxy) is 1. The molecule has 0 fully saturated rings. The number of pyridine rings is 1. The second-order valence-corrected chi connectivity index (χ2v) is 5.29. The normalized spacial score (nSPS) is 9.88. The average molecular weight is 329 g/mol. The number of nitrogens with zero attached hydrogens (tertiary/aromatic N) is 2. The second-order valence-electron chi connectivity index (χ2n) is 5.29. The van der Waals surface area contributed by atoms with Crippen LogP contribution in [0.4, 0.5) is 5.69 Å². The van der Waals surface area contributed by atoms with Gasteiger partial charge in [0.2, 0.25) is 5.88 Å². The summed E-state index contributed by atoms with van der Waals surface area (Å²) in [4.78, 5) is 16.4. The Kier molecular flexibility index (Phi) is 5.03. The molecule has 122 valence electrons. The van der Waals surface area contributed by atoms with E-state index in [1.807, 2.05) is 42.5 Å². The fourth-order valence-corrected chi connectivity index (χ4v) is 2.18. The van der Waals surface area contributed by atoms with E-state index in [4.69, 9.17) is 10.00 Å². The van der Waals surface area contributed by atoms with Gasteiger partial charge >= 0.3 is 0 Å². The van der Waals surface area contributed by atoms with E-state index in [-0.39, 0.29) is 5.91 Å². The number of amides is 1. The molecule has 0 atom stereocenters. The van der Waals surface area contributed by atoms with Crippen molar-refractivity contribution in [3.05, 3.63) is 84.1 Å². The SMILES string of the molecule is N#CCc1ccc(NC(=O)c2ccc(Oc3ccccc3)nc2)cc1. The fraction of sp³-hybridized carbons (Fsp3) is 0.0500. The van der Waals surface area contributed by atoms with Crippen molar-refractivity contribution in [3.8, 4) is 17.7 Å². The van der Waals surface area contributed by atoms with E-state index in [0.717, 1.165) is 5.56 Å². The Morgan fingerprint density at radius 3 is 2.44 bits per heavy atom. The first-order chi connectivity index (χ1) is 12.2. The number of carbonyl (C=O) groups is 1. The van der Waals surface area contributed by atoms with Crippen LogP contribution in [0.15, 0.2) is 72.9 Å². The van der Waals surface area contributed by atoms with Gasteiger partial charge in [-0.15, -0.1) is 0 Å². The van der Waals surface area contributed by atoms with Gasteiger partial charge in [0.05, 0.1) is 18.1 Å². The minimum atomic E-state index is -0.258. The van der Waals surface area contributed by atoms with Crippen LogP contribution in [-0.4, -0.2) is 10.9 Å². The van der Waals surface area contributed by atoms with Crippen molar-refractivity contribution in [1.29, 1.82) is 5.26 Å². The predicted molar refractivity (Wildman–Crippen MR) is 94.5 cm³/mol. The first-order valence-corrected chi connectivity index (χ1v) is 7.71. The molecular formula is C20H15N3O2. The van der Waals surface area contributed by atoms with Crippen LogP contribution in [0.5, 0.6) is 11.6 Å². The summed E-state index contributed by atoms with van der Waals surface area (Å²) in [5, 5.41) is 11.5. The zero-order valence-electron chi connectivity index (χ0n) is 13.3. The maximum atomic E-state index is 12.3. The molecule has 1 aromatic heterocycles. The highest BCUT2D eigenvalue weighted by atomic mass is 16.5. The summed E-state index contributed by atoms with van der Waals surface area (Å²) in [6, 6.07) is 21.9. The Labute approximate surface area is 145 Å². The van der Waals surface area contributed by atoms with Crippen molar-refractivity contribution in [2.45, 2.75) is 6.42 Å². The molecule has 0 aliphatic rings. The van der Waals surface area contributed by atoms with Crippen molar-refractivity contribution >= 4 is 11.6 Å². The molecule has 1 amide bonds. The molecule has 0 bridgehead atoms. The lowest BCUT2D eigenvalue weighted by Crippen LogP contribution is -2.12. The lowest BCUT2D eigenvalue weighted by atomic mass is 10.1. The van der Waals surface area contributed by atoms with E-state index in [1.54, 1.807) is 24.3 Å². The van der Waals surface area contributed by atoms with Gasteiger partial charge in [0.1, 0.15) is 5.75 Å². The molecule has 5 nitrogen and oxygen atoms in total. The second kappa shape index (κ2) is 7.75. The van der Waals surface area contributed by atoms with Crippen LogP contribution >= 0.6 is 0 Å². The van der Waals surface area contributed by atoms with Gasteiger partial charge in [0.25, 0.3) is 5.91 Å². The topological polar surface area (TPSA) is 75.0 Å². The minimum absolute atomic E-state index is 0.258. The molecule has 0 saturated carbocycles. The highest BCUT2D eigenvalue weighted by molar-refractivity contribution is 6.04. The highest BCUT2D eigenvalue weighted by Gasteiger charge is 2.07. The number of rotatable bonds is 5. The third kappa shape index (κ3) is 4.43. The molecule has 0 aliphatic carbocycles. The molecule has 1 N–H and O–H groups in total. The first kappa shape index (κ1) is 16.2. The summed E-state index contributed by atoms with van der Waals surface area (Å²) in [5.41, 5.74) is 2.00. The summed E-state index contributed by atoms with van der Waals surface area (Å²) in [6.45, 7) is 0. The zero-order valence-corrected chi connectivity index (χ0v) is 13.3. The van der Waals surface area contributed by atoms with E-state index >= 15 is 0 Å². The van der Waals surface area contributed by atoms with Gasteiger partial charge in [0.15, 0.2) is 0 Å². The van der Waals surface area contributed by atoms with Gasteiger partial charge < -0.3 is 10.1 Å². The van der Waals surface area contributed by atoms with Crippen molar-refractivity contribution in [1.82, 2.24) is 4.98 Å². The van der Waals surface area contributed by atoms with Crippen LogP contribution in [0.1, 0.15) is 15.9 Å². The molecule has 0 spiro atoms. The van der Waals surface area contributed by atoms with Crippen molar-refractivity contribution < 1.29 is 9.53 Å². The fourth-order valence-electron chi connectivity index (χ4n) is 2.18. The van der Waals surface area contributed by atoms with Crippen LogP contribution in [0, 0.1) is 11.3 Å². The van der Waals surface area contributed by atoms with E-state index in [2.05, 4.69) is 16.4 Å². The van der Waals surface area contributed by atoms with E-state index in [9.17, 15) is 4.79 Å². The number of anilines is 1. The van der Waals surface area contributed by atoms with Gasteiger partial charge in [-0.25, -0.2) is 4.98 Å². The number of nitriles is 1. The summed E-state index contributed by atoms with van der Waals surface area (Å²) in [7, 11) is 0. The first-order valence-electron chi connectivity index (χ1n) is 7.71. The van der Waals surface area contributed by atoms with E-state index in [1.165, 1.54) is 6.20 Å². The third-order valence-electron chi connectivity index (χ3n) is 3.46. The number of carbonyl (C=O) groups excluding carboxylic acids is 1. The Morgan fingerprint density at radius 1 is 1.04 bits per heavy atom. The standard InChI is InChI=1S/C20H15N3O2/c21-13-12-15-6-9-17(10-7-15)23-20(24)16-8-11-19(22-14-16)25-18-4-2-1-3-5-18/h1-11,14H,12H2,(H,23,24). The number of nitrogens with one attached hydrogen (secondary N) is 1. The molecule has 0 unspecified atom stereocenters. The van der Waals surface area contributed by atoms with E-state index in [0.29, 0.717) is 29.3 Å². The molecule has 0 aliphatic heterocycles. The van der Waals surface area contributed by atoms with Gasteiger partial charge in [-0.1, -0.05) is 30.3 Å². The number of para-hydroxylation sites is 1. The Hall–Kier alpha value is -3.65. The maximum absolute atomic E-state index is 12.3. The molecule has 2 aromatic carbocycles. The van der Waals surface area contributed by atoms with Crippen molar-refractivity contribution in [2.75, 3.05) is 5.32 Å². The van der Waals surface area contributed by atoms with Gasteiger partial charge in [-0.05, 0) is 35.9 Å². The average Bonchev–Trinajstić information content (AvgIpc) is 2.65. The quantitative estimate of drug-likeness (QED) is 0.761. The molecule has 25 heavy (non-hydrogen) atoms. The number of aromatic nitrogens is 1. The molecule has 3 rings (SSSR count). The number of benzene rings is 2. The molecular weight excluding hydrogens is 314 g/mol. The van der Waals surface area contributed by atoms with Crippen LogP contribution in [0.3, 0.4) is 0 Å². The summed E-state index contributed by atoms with van der Waals surface area (Å²) < 4.78 is 5.60. The summed E-state index contributed by atoms with van der Waals surface area (Å²) in [6.07, 6.45) is 1.82. The van der Waals surface area contributed by atoms with Crippen LogP contribution < -0.4 is 10.1 Å². The Morgan fingerprint density at radius 2 is 1.80 bits per heavy atom. The lowest BCUT2D eigenvalue weighted by Gasteiger charge is -2.07. The Balaban J connectivity index is 1.63. The predicted octanol–water partition coefficient (Wildman–Crippen LogP) is 4.19.